The summed E-state index contributed by atoms with van der Waals surface area (Å²) in [5.74, 6) is 0.740. The van der Waals surface area contributed by atoms with Crippen molar-refractivity contribution >= 4 is 0 Å². The summed E-state index contributed by atoms with van der Waals surface area (Å²) in [7, 11) is 2.02. The SMILES string of the molecule is CCC(CC)C(COC(C)C)NC. The van der Waals surface area contributed by atoms with Gasteiger partial charge >= 0.3 is 0 Å². The maximum Gasteiger partial charge on any atom is 0.0625 e. The van der Waals surface area contributed by atoms with E-state index in [0.717, 1.165) is 12.5 Å². The third-order valence-electron chi connectivity index (χ3n) is 2.60. The van der Waals surface area contributed by atoms with Crippen LogP contribution in [0.15, 0.2) is 0 Å². The molecule has 2 nitrogen and oxygen atoms in total. The fraction of sp³-hybridized carbons (Fsp3) is 1.00. The Morgan fingerprint density at radius 2 is 1.69 bits per heavy atom. The third-order valence-corrected chi connectivity index (χ3v) is 2.60. The molecule has 0 saturated heterocycles. The molecule has 0 aliphatic heterocycles. The lowest BCUT2D eigenvalue weighted by Gasteiger charge is -2.25. The lowest BCUT2D eigenvalue weighted by molar-refractivity contribution is 0.0488. The minimum absolute atomic E-state index is 0.338. The minimum Gasteiger partial charge on any atom is -0.377 e. The third kappa shape index (κ3) is 5.27. The average molecular weight is 187 g/mol. The van der Waals surface area contributed by atoms with Crippen molar-refractivity contribution in [2.24, 2.45) is 5.92 Å². The molecule has 1 unspecified atom stereocenters. The van der Waals surface area contributed by atoms with Gasteiger partial charge in [-0.1, -0.05) is 26.7 Å². The first-order valence-electron chi connectivity index (χ1n) is 5.44. The average Bonchev–Trinajstić information content (AvgIpc) is 2.11. The summed E-state index contributed by atoms with van der Waals surface area (Å²) in [5.41, 5.74) is 0. The van der Waals surface area contributed by atoms with Crippen molar-refractivity contribution in [2.45, 2.75) is 52.7 Å². The Bertz CT molecular complexity index is 111. The Morgan fingerprint density at radius 3 is 2.00 bits per heavy atom. The molecule has 0 aromatic carbocycles. The highest BCUT2D eigenvalue weighted by Crippen LogP contribution is 2.13. The number of hydrogen-bond acceptors (Lipinski definition) is 2. The lowest BCUT2D eigenvalue weighted by Crippen LogP contribution is -2.38. The van der Waals surface area contributed by atoms with Crippen molar-refractivity contribution < 1.29 is 4.74 Å². The monoisotopic (exact) mass is 187 g/mol. The molecule has 1 N–H and O–H groups in total. The van der Waals surface area contributed by atoms with E-state index in [1.807, 2.05) is 7.05 Å². The van der Waals surface area contributed by atoms with Gasteiger partial charge in [0.2, 0.25) is 0 Å². The number of hydrogen-bond donors (Lipinski definition) is 1. The van der Waals surface area contributed by atoms with E-state index in [0.29, 0.717) is 12.1 Å². The molecule has 0 amide bonds. The Morgan fingerprint density at radius 1 is 1.15 bits per heavy atom. The van der Waals surface area contributed by atoms with E-state index in [1.54, 1.807) is 0 Å². The zero-order chi connectivity index (χ0) is 10.3. The fourth-order valence-corrected chi connectivity index (χ4v) is 1.61. The summed E-state index contributed by atoms with van der Waals surface area (Å²) in [6.07, 6.45) is 2.79. The molecule has 0 heterocycles. The van der Waals surface area contributed by atoms with Crippen LogP contribution >= 0.6 is 0 Å². The van der Waals surface area contributed by atoms with Gasteiger partial charge in [0.25, 0.3) is 0 Å². The number of nitrogens with one attached hydrogen (secondary N) is 1. The minimum atomic E-state index is 0.338. The maximum atomic E-state index is 5.62. The molecular weight excluding hydrogens is 162 g/mol. The van der Waals surface area contributed by atoms with Crippen LogP contribution in [0.25, 0.3) is 0 Å². The van der Waals surface area contributed by atoms with Gasteiger partial charge in [-0.25, -0.2) is 0 Å². The number of likely N-dealkylation sites (N-methyl/N-ethyl adjacent to an activating group) is 1. The molecule has 0 aromatic rings. The second-order valence-electron chi connectivity index (χ2n) is 3.85. The zero-order valence-corrected chi connectivity index (χ0v) is 9.76. The molecule has 0 aromatic heterocycles. The van der Waals surface area contributed by atoms with Gasteiger partial charge in [0.15, 0.2) is 0 Å². The molecule has 0 aliphatic carbocycles. The summed E-state index contributed by atoms with van der Waals surface area (Å²) in [4.78, 5) is 0. The van der Waals surface area contributed by atoms with Gasteiger partial charge in [-0.05, 0) is 26.8 Å². The van der Waals surface area contributed by atoms with Gasteiger partial charge in [-0.2, -0.15) is 0 Å². The molecule has 1 atom stereocenters. The van der Waals surface area contributed by atoms with Gasteiger partial charge in [-0.15, -0.1) is 0 Å². The van der Waals surface area contributed by atoms with E-state index in [9.17, 15) is 0 Å². The molecule has 2 heteroatoms. The first-order valence-corrected chi connectivity index (χ1v) is 5.44. The summed E-state index contributed by atoms with van der Waals surface area (Å²) in [5, 5.41) is 3.33. The standard InChI is InChI=1S/C11H25NO/c1-6-10(7-2)11(12-5)8-13-9(3)4/h9-12H,6-8H2,1-5H3. The van der Waals surface area contributed by atoms with Crippen molar-refractivity contribution in [3.05, 3.63) is 0 Å². The topological polar surface area (TPSA) is 21.3 Å². The highest BCUT2D eigenvalue weighted by molar-refractivity contribution is 4.72. The Kier molecular flexibility index (Phi) is 7.29. The zero-order valence-electron chi connectivity index (χ0n) is 9.76. The van der Waals surface area contributed by atoms with Gasteiger partial charge in [0, 0.05) is 6.04 Å². The van der Waals surface area contributed by atoms with E-state index < -0.39 is 0 Å². The molecule has 0 rings (SSSR count). The molecule has 0 aliphatic rings. The van der Waals surface area contributed by atoms with Crippen LogP contribution in [0.5, 0.6) is 0 Å². The van der Waals surface area contributed by atoms with E-state index >= 15 is 0 Å². The quantitative estimate of drug-likeness (QED) is 0.661. The lowest BCUT2D eigenvalue weighted by atomic mass is 9.95. The fourth-order valence-electron chi connectivity index (χ4n) is 1.61. The van der Waals surface area contributed by atoms with Gasteiger partial charge < -0.3 is 10.1 Å². The van der Waals surface area contributed by atoms with Crippen LogP contribution in [-0.2, 0) is 4.74 Å². The van der Waals surface area contributed by atoms with Crippen LogP contribution in [0.2, 0.25) is 0 Å². The van der Waals surface area contributed by atoms with Crippen LogP contribution in [0.4, 0.5) is 0 Å². The summed E-state index contributed by atoms with van der Waals surface area (Å²) in [6, 6.07) is 0.511. The van der Waals surface area contributed by atoms with Crippen LogP contribution in [0, 0.1) is 5.92 Å². The molecule has 0 fully saturated rings. The van der Waals surface area contributed by atoms with Crippen molar-refractivity contribution in [1.29, 1.82) is 0 Å². The molecule has 0 saturated carbocycles. The molecule has 13 heavy (non-hydrogen) atoms. The maximum absolute atomic E-state index is 5.62. The van der Waals surface area contributed by atoms with E-state index in [-0.39, 0.29) is 0 Å². The van der Waals surface area contributed by atoms with Crippen molar-refractivity contribution in [2.75, 3.05) is 13.7 Å². The largest absolute Gasteiger partial charge is 0.377 e. The van der Waals surface area contributed by atoms with Crippen molar-refractivity contribution in [3.8, 4) is 0 Å². The van der Waals surface area contributed by atoms with Gasteiger partial charge in [0.05, 0.1) is 12.7 Å². The van der Waals surface area contributed by atoms with Crippen LogP contribution in [0.1, 0.15) is 40.5 Å². The van der Waals surface area contributed by atoms with Crippen molar-refractivity contribution in [3.63, 3.8) is 0 Å². The highest BCUT2D eigenvalue weighted by Gasteiger charge is 2.16. The second kappa shape index (κ2) is 7.34. The molecule has 0 radical (unpaired) electrons. The first-order chi connectivity index (χ1) is 6.15. The summed E-state index contributed by atoms with van der Waals surface area (Å²) < 4.78 is 5.62. The highest BCUT2D eigenvalue weighted by atomic mass is 16.5. The van der Waals surface area contributed by atoms with Gasteiger partial charge in [-0.3, -0.25) is 0 Å². The number of rotatable bonds is 7. The number of ether oxygens (including phenoxy) is 1. The predicted octanol–water partition coefficient (Wildman–Crippen LogP) is 2.44. The predicted molar refractivity (Wildman–Crippen MR) is 58.0 cm³/mol. The molecular formula is C11H25NO. The van der Waals surface area contributed by atoms with Gasteiger partial charge in [0.1, 0.15) is 0 Å². The molecule has 0 bridgehead atoms. The Balaban J connectivity index is 3.85. The van der Waals surface area contributed by atoms with Crippen LogP contribution < -0.4 is 5.32 Å². The summed E-state index contributed by atoms with van der Waals surface area (Å²) in [6.45, 7) is 9.49. The van der Waals surface area contributed by atoms with Crippen molar-refractivity contribution in [1.82, 2.24) is 5.32 Å². The van der Waals surface area contributed by atoms with E-state index in [1.165, 1.54) is 12.8 Å². The van der Waals surface area contributed by atoms with E-state index in [4.69, 9.17) is 4.74 Å². The second-order valence-corrected chi connectivity index (χ2v) is 3.85. The normalized spacial score (nSPS) is 14.1. The molecule has 0 spiro atoms. The van der Waals surface area contributed by atoms with Crippen LogP contribution in [0.3, 0.4) is 0 Å². The smallest absolute Gasteiger partial charge is 0.0625 e. The molecule has 80 valence electrons. The van der Waals surface area contributed by atoms with E-state index in [2.05, 4.69) is 33.0 Å². The Hall–Kier alpha value is -0.0800. The Labute approximate surface area is 83.1 Å². The van der Waals surface area contributed by atoms with Crippen LogP contribution in [-0.4, -0.2) is 25.8 Å². The first kappa shape index (κ1) is 12.9. The summed E-state index contributed by atoms with van der Waals surface area (Å²) >= 11 is 0.